The molecule has 104 valence electrons. The minimum Gasteiger partial charge on any atom is -0.298 e. The second-order valence-corrected chi connectivity index (χ2v) is 5.66. The van der Waals surface area contributed by atoms with Gasteiger partial charge in [0.15, 0.2) is 0 Å². The molecule has 1 aromatic heterocycles. The molecule has 0 aromatic carbocycles. The van der Waals surface area contributed by atoms with Gasteiger partial charge >= 0.3 is 15.9 Å². The summed E-state index contributed by atoms with van der Waals surface area (Å²) in [7, 11) is -4.67. The van der Waals surface area contributed by atoms with E-state index in [-0.39, 0.29) is 18.8 Å². The Hall–Kier alpha value is -1.97. The lowest BCUT2D eigenvalue weighted by atomic mass is 10.1. The van der Waals surface area contributed by atoms with Crippen LogP contribution < -0.4 is 16.1 Å². The van der Waals surface area contributed by atoms with E-state index in [2.05, 4.69) is 4.98 Å². The Kier molecular flexibility index (Phi) is 3.27. The number of anilines is 1. The molecule has 1 unspecified atom stereocenters. The summed E-state index contributed by atoms with van der Waals surface area (Å²) in [4.78, 5) is 39.1. The summed E-state index contributed by atoms with van der Waals surface area (Å²) in [6.45, 7) is -0.0681. The van der Waals surface area contributed by atoms with Gasteiger partial charge in [-0.1, -0.05) is 0 Å². The maximum absolute atomic E-state index is 12.6. The number of rotatable bonds is 3. The fraction of sp³-hybridized carbons (Fsp3) is 0.444. The smallest absolute Gasteiger partial charge is 0.298 e. The van der Waals surface area contributed by atoms with Gasteiger partial charge in [-0.15, -0.1) is 3.89 Å². The topological polar surface area (TPSA) is 120 Å². The van der Waals surface area contributed by atoms with Crippen LogP contribution in [0.1, 0.15) is 6.42 Å². The molecule has 1 saturated heterocycles. The van der Waals surface area contributed by atoms with Crippen molar-refractivity contribution in [3.05, 3.63) is 26.9 Å². The number of carbonyl (C=O) groups excluding carboxylic acids is 1. The first-order valence-electron chi connectivity index (χ1n) is 5.31. The zero-order valence-corrected chi connectivity index (χ0v) is 10.4. The Labute approximate surface area is 106 Å². The van der Waals surface area contributed by atoms with E-state index in [0.717, 1.165) is 11.0 Å². The van der Waals surface area contributed by atoms with Gasteiger partial charge in [-0.2, -0.15) is 8.42 Å². The van der Waals surface area contributed by atoms with Crippen molar-refractivity contribution in [3.8, 4) is 0 Å². The van der Waals surface area contributed by atoms with Crippen molar-refractivity contribution < 1.29 is 17.1 Å². The van der Waals surface area contributed by atoms with E-state index in [1.807, 2.05) is 4.98 Å². The Bertz CT molecular complexity index is 694. The molecule has 1 aliphatic heterocycles. The predicted octanol–water partition coefficient (Wildman–Crippen LogP) is -1.28. The first-order chi connectivity index (χ1) is 8.74. The van der Waals surface area contributed by atoms with E-state index in [1.165, 1.54) is 0 Å². The highest BCUT2D eigenvalue weighted by atomic mass is 32.3. The molecule has 1 fully saturated rings. The van der Waals surface area contributed by atoms with Gasteiger partial charge in [0.2, 0.25) is 5.91 Å². The molecule has 2 rings (SSSR count). The van der Waals surface area contributed by atoms with Crippen LogP contribution in [0.25, 0.3) is 0 Å². The summed E-state index contributed by atoms with van der Waals surface area (Å²) in [5, 5.41) is 0. The third-order valence-corrected chi connectivity index (χ3v) is 3.55. The molecule has 1 atom stereocenters. The van der Waals surface area contributed by atoms with Crippen molar-refractivity contribution in [3.63, 3.8) is 0 Å². The van der Waals surface area contributed by atoms with E-state index < -0.39 is 39.1 Å². The minimum atomic E-state index is -4.67. The summed E-state index contributed by atoms with van der Waals surface area (Å²) >= 11 is 0. The molecule has 0 bridgehead atoms. The van der Waals surface area contributed by atoms with Crippen molar-refractivity contribution in [2.24, 2.45) is 5.92 Å². The number of nitrogens with zero attached hydrogens (tertiary/aromatic N) is 1. The third-order valence-electron chi connectivity index (χ3n) is 2.68. The molecule has 1 aliphatic rings. The van der Waals surface area contributed by atoms with Gasteiger partial charge in [0.1, 0.15) is 5.82 Å². The van der Waals surface area contributed by atoms with Crippen molar-refractivity contribution in [1.29, 1.82) is 0 Å². The monoisotopic (exact) mass is 291 g/mol. The lowest BCUT2D eigenvalue weighted by molar-refractivity contribution is -0.117. The molecule has 19 heavy (non-hydrogen) atoms. The average molecular weight is 291 g/mol. The first-order valence-corrected chi connectivity index (χ1v) is 6.86. The van der Waals surface area contributed by atoms with E-state index in [9.17, 15) is 26.7 Å². The number of aromatic nitrogens is 2. The third kappa shape index (κ3) is 3.28. The molecule has 2 heterocycles. The number of hydrogen-bond acceptors (Lipinski definition) is 5. The Morgan fingerprint density at radius 1 is 1.32 bits per heavy atom. The van der Waals surface area contributed by atoms with E-state index in [0.29, 0.717) is 0 Å². The quantitative estimate of drug-likeness (QED) is 0.672. The summed E-state index contributed by atoms with van der Waals surface area (Å²) in [6.07, 6.45) is -0.155. The van der Waals surface area contributed by atoms with E-state index >= 15 is 0 Å². The zero-order valence-electron chi connectivity index (χ0n) is 9.55. The number of aromatic amines is 2. The van der Waals surface area contributed by atoms with Gasteiger partial charge in [0.25, 0.3) is 5.56 Å². The van der Waals surface area contributed by atoms with Gasteiger partial charge in [0, 0.05) is 24.9 Å². The first kappa shape index (κ1) is 13.5. The number of nitrogens with one attached hydrogen (secondary N) is 2. The fourth-order valence-corrected chi connectivity index (χ4v) is 2.80. The highest BCUT2D eigenvalue weighted by Crippen LogP contribution is 2.23. The van der Waals surface area contributed by atoms with Gasteiger partial charge in [-0.25, -0.2) is 4.79 Å². The van der Waals surface area contributed by atoms with E-state index in [1.54, 1.807) is 0 Å². The summed E-state index contributed by atoms with van der Waals surface area (Å²) in [6, 6.07) is 1.01. The molecule has 0 spiro atoms. The largest absolute Gasteiger partial charge is 0.327 e. The van der Waals surface area contributed by atoms with Crippen LogP contribution in [0, 0.1) is 5.92 Å². The molecule has 1 aromatic rings. The second kappa shape index (κ2) is 4.61. The molecular weight excluding hydrogens is 281 g/mol. The van der Waals surface area contributed by atoms with Crippen LogP contribution in [0.15, 0.2) is 15.7 Å². The summed E-state index contributed by atoms with van der Waals surface area (Å²) < 4.78 is 33.6. The highest BCUT2D eigenvalue weighted by molar-refractivity contribution is 7.86. The molecule has 0 saturated carbocycles. The number of hydrogen-bond donors (Lipinski definition) is 2. The Balaban J connectivity index is 2.25. The average Bonchev–Trinajstić information content (AvgIpc) is 2.54. The van der Waals surface area contributed by atoms with Crippen molar-refractivity contribution in [2.75, 3.05) is 17.2 Å². The number of halogens is 1. The van der Waals surface area contributed by atoms with Crippen LogP contribution in [0.5, 0.6) is 0 Å². The standard InChI is InChI=1S/C9H10FN3O5S/c10-19(17,18)4-5-1-8(15)13(3-5)6-2-7(14)12-9(16)11-6/h2,5H,1,3-4H2,(H2,11,12,14,16). The van der Waals surface area contributed by atoms with Gasteiger partial charge in [0.05, 0.1) is 5.75 Å². The van der Waals surface area contributed by atoms with Gasteiger partial charge in [-0.3, -0.25) is 24.5 Å². The predicted molar refractivity (Wildman–Crippen MR) is 63.0 cm³/mol. The van der Waals surface area contributed by atoms with Crippen LogP contribution in [-0.4, -0.2) is 36.6 Å². The fourth-order valence-electron chi connectivity index (χ4n) is 2.01. The lowest BCUT2D eigenvalue weighted by Crippen LogP contribution is -2.31. The van der Waals surface area contributed by atoms with Crippen molar-refractivity contribution in [2.45, 2.75) is 6.42 Å². The van der Waals surface area contributed by atoms with Gasteiger partial charge in [-0.05, 0) is 0 Å². The summed E-state index contributed by atoms with van der Waals surface area (Å²) in [5.41, 5.74) is -1.47. The van der Waals surface area contributed by atoms with Crippen LogP contribution in [0.3, 0.4) is 0 Å². The van der Waals surface area contributed by atoms with Gasteiger partial charge < -0.3 is 0 Å². The van der Waals surface area contributed by atoms with Crippen LogP contribution in [0.2, 0.25) is 0 Å². The number of carbonyl (C=O) groups is 1. The summed E-state index contributed by atoms with van der Waals surface area (Å²) in [5.74, 6) is -1.97. The highest BCUT2D eigenvalue weighted by Gasteiger charge is 2.34. The molecule has 8 nitrogen and oxygen atoms in total. The number of H-pyrrole nitrogens is 2. The normalized spacial score (nSPS) is 19.9. The maximum atomic E-state index is 12.6. The number of amides is 1. The maximum Gasteiger partial charge on any atom is 0.327 e. The van der Waals surface area contributed by atoms with Crippen molar-refractivity contribution >= 4 is 21.9 Å². The molecule has 10 heteroatoms. The van der Waals surface area contributed by atoms with E-state index in [4.69, 9.17) is 0 Å². The minimum absolute atomic E-state index is 0.0301. The lowest BCUT2D eigenvalue weighted by Gasteiger charge is -2.14. The molecule has 2 N–H and O–H groups in total. The zero-order chi connectivity index (χ0) is 14.2. The molecule has 1 amide bonds. The SMILES string of the molecule is O=C1CC(CS(=O)(=O)F)CN1c1cc(=O)[nH]c(=O)[nH]1. The molecule has 0 radical (unpaired) electrons. The Morgan fingerprint density at radius 2 is 2.00 bits per heavy atom. The van der Waals surface area contributed by atoms with Crippen LogP contribution in [-0.2, 0) is 15.0 Å². The van der Waals surface area contributed by atoms with Crippen LogP contribution in [0.4, 0.5) is 9.70 Å². The molecule has 0 aliphatic carbocycles. The van der Waals surface area contributed by atoms with Crippen molar-refractivity contribution in [1.82, 2.24) is 9.97 Å². The van der Waals surface area contributed by atoms with Crippen LogP contribution >= 0.6 is 0 Å². The second-order valence-electron chi connectivity index (χ2n) is 4.25. The Morgan fingerprint density at radius 3 is 2.58 bits per heavy atom. The molecular formula is C9H10FN3O5S.